The number of rotatable bonds is 5. The number of hydrogen-bond donors (Lipinski definition) is 1. The van der Waals surface area contributed by atoms with Crippen LogP contribution in [-0.2, 0) is 9.53 Å². The van der Waals surface area contributed by atoms with Crippen LogP contribution in [0.1, 0.15) is 48.7 Å². The molecule has 1 N–H and O–H groups in total. The lowest BCUT2D eigenvalue weighted by molar-refractivity contribution is -0.132. The van der Waals surface area contributed by atoms with Crippen molar-refractivity contribution in [3.63, 3.8) is 0 Å². The van der Waals surface area contributed by atoms with Gasteiger partial charge in [0.25, 0.3) is 5.56 Å². The number of carbonyl (C=O) groups excluding carboxylic acids is 2. The molecule has 8 nitrogen and oxygen atoms in total. The largest absolute Gasteiger partial charge is 0.465 e. The number of carbonyl (C=O) groups is 2. The summed E-state index contributed by atoms with van der Waals surface area (Å²) in [5.41, 5.74) is 0.378. The first-order valence-corrected chi connectivity index (χ1v) is 10.4. The lowest BCUT2D eigenvalue weighted by Gasteiger charge is -2.35. The molecule has 150 valence electrons. The lowest BCUT2D eigenvalue weighted by Crippen LogP contribution is -2.44. The zero-order chi connectivity index (χ0) is 20.3. The maximum absolute atomic E-state index is 12.6. The van der Waals surface area contributed by atoms with Crippen LogP contribution in [0.3, 0.4) is 0 Å². The minimum absolute atomic E-state index is 0.0479. The van der Waals surface area contributed by atoms with Crippen molar-refractivity contribution in [2.45, 2.75) is 50.7 Å². The number of piperidine rings is 1. The van der Waals surface area contributed by atoms with Crippen molar-refractivity contribution >= 4 is 34.7 Å². The van der Waals surface area contributed by atoms with Crippen molar-refractivity contribution in [2.75, 3.05) is 19.4 Å². The number of likely N-dealkylation sites (tertiary alicyclic amines) is 1. The SMILES string of the molecule is CCC1CCCCN1C(=O)CSc1nc2nc(C)cc(C(=O)OC)c2c(=O)[nH]1. The number of amides is 1. The van der Waals surface area contributed by atoms with Gasteiger partial charge in [-0.15, -0.1) is 0 Å². The fourth-order valence-electron chi connectivity index (χ4n) is 3.55. The number of nitrogens with zero attached hydrogens (tertiary/aromatic N) is 3. The highest BCUT2D eigenvalue weighted by Gasteiger charge is 2.25. The van der Waals surface area contributed by atoms with Gasteiger partial charge in [0.2, 0.25) is 5.91 Å². The Bertz CT molecular complexity index is 959. The molecule has 1 aliphatic heterocycles. The Morgan fingerprint density at radius 2 is 2.14 bits per heavy atom. The highest BCUT2D eigenvalue weighted by atomic mass is 32.2. The van der Waals surface area contributed by atoms with Gasteiger partial charge in [-0.25, -0.2) is 14.8 Å². The van der Waals surface area contributed by atoms with E-state index in [0.717, 1.165) is 32.2 Å². The number of thioether (sulfide) groups is 1. The van der Waals surface area contributed by atoms with Crippen molar-refractivity contribution in [1.82, 2.24) is 19.9 Å². The number of hydrogen-bond acceptors (Lipinski definition) is 7. The minimum atomic E-state index is -0.617. The molecule has 9 heteroatoms. The molecule has 0 spiro atoms. The third kappa shape index (κ3) is 4.19. The molecule has 0 aliphatic carbocycles. The zero-order valence-corrected chi connectivity index (χ0v) is 17.1. The van der Waals surface area contributed by atoms with Crippen LogP contribution in [0.2, 0.25) is 0 Å². The molecular formula is C19H24N4O4S. The van der Waals surface area contributed by atoms with Crippen molar-refractivity contribution in [2.24, 2.45) is 0 Å². The lowest BCUT2D eigenvalue weighted by atomic mass is 10.0. The predicted molar refractivity (Wildman–Crippen MR) is 107 cm³/mol. The van der Waals surface area contributed by atoms with Gasteiger partial charge in [-0.2, -0.15) is 0 Å². The summed E-state index contributed by atoms with van der Waals surface area (Å²) in [6.45, 7) is 4.59. The van der Waals surface area contributed by atoms with E-state index in [1.54, 1.807) is 6.92 Å². The van der Waals surface area contributed by atoms with Crippen molar-refractivity contribution in [3.05, 3.63) is 27.7 Å². The van der Waals surface area contributed by atoms with E-state index in [1.165, 1.54) is 24.9 Å². The van der Waals surface area contributed by atoms with Gasteiger partial charge in [0.05, 0.1) is 23.8 Å². The number of nitrogens with one attached hydrogen (secondary N) is 1. The number of H-pyrrole nitrogens is 1. The Labute approximate surface area is 167 Å². The van der Waals surface area contributed by atoms with Crippen LogP contribution < -0.4 is 5.56 Å². The Balaban J connectivity index is 1.83. The minimum Gasteiger partial charge on any atom is -0.465 e. The maximum Gasteiger partial charge on any atom is 0.338 e. The van der Waals surface area contributed by atoms with E-state index in [1.807, 2.05) is 4.90 Å². The number of aromatic nitrogens is 3. The number of ether oxygens (including phenoxy) is 1. The Hall–Kier alpha value is -2.42. The number of fused-ring (bicyclic) bond motifs is 1. The molecule has 0 saturated carbocycles. The topological polar surface area (TPSA) is 105 Å². The molecule has 1 amide bonds. The second kappa shape index (κ2) is 8.72. The average molecular weight is 404 g/mol. The van der Waals surface area contributed by atoms with Crippen LogP contribution in [0.25, 0.3) is 11.0 Å². The van der Waals surface area contributed by atoms with E-state index in [4.69, 9.17) is 4.74 Å². The van der Waals surface area contributed by atoms with E-state index < -0.39 is 11.5 Å². The fraction of sp³-hybridized carbons (Fsp3) is 0.526. The molecule has 1 saturated heterocycles. The first-order valence-electron chi connectivity index (χ1n) is 9.36. The van der Waals surface area contributed by atoms with Crippen molar-refractivity contribution in [1.29, 1.82) is 0 Å². The molecular weight excluding hydrogens is 380 g/mol. The number of esters is 1. The van der Waals surface area contributed by atoms with Gasteiger partial charge in [0, 0.05) is 18.3 Å². The standard InChI is InChI=1S/C19H24N4O4S/c1-4-12-7-5-6-8-23(12)14(24)10-28-19-21-16-15(17(25)22-19)13(18(26)27-3)9-11(2)20-16/h9,12H,4-8,10H2,1-3H3,(H,20,21,22,25). The van der Waals surface area contributed by atoms with Gasteiger partial charge in [-0.1, -0.05) is 18.7 Å². The summed E-state index contributed by atoms with van der Waals surface area (Å²) >= 11 is 1.18. The first kappa shape index (κ1) is 20.3. The quantitative estimate of drug-likeness (QED) is 0.463. The molecule has 1 unspecified atom stereocenters. The highest BCUT2D eigenvalue weighted by Crippen LogP contribution is 2.22. The normalized spacial score (nSPS) is 17.0. The van der Waals surface area contributed by atoms with Crippen molar-refractivity contribution < 1.29 is 14.3 Å². The summed E-state index contributed by atoms with van der Waals surface area (Å²) in [5.74, 6) is -0.374. The van der Waals surface area contributed by atoms with Crippen LogP contribution in [-0.4, -0.2) is 57.2 Å². The van der Waals surface area contributed by atoms with Crippen LogP contribution in [0.4, 0.5) is 0 Å². The average Bonchev–Trinajstić information content (AvgIpc) is 2.70. The third-order valence-corrected chi connectivity index (χ3v) is 5.80. The molecule has 0 bridgehead atoms. The molecule has 1 atom stereocenters. The summed E-state index contributed by atoms with van der Waals surface area (Å²) in [7, 11) is 1.26. The summed E-state index contributed by atoms with van der Waals surface area (Å²) < 4.78 is 4.75. The number of aryl methyl sites for hydroxylation is 1. The van der Waals surface area contributed by atoms with Gasteiger partial charge in [-0.3, -0.25) is 9.59 Å². The molecule has 3 heterocycles. The van der Waals surface area contributed by atoms with Gasteiger partial charge in [0.1, 0.15) is 0 Å². The van der Waals surface area contributed by atoms with Gasteiger partial charge >= 0.3 is 5.97 Å². The Kier molecular flexibility index (Phi) is 6.33. The molecule has 1 aliphatic rings. The van der Waals surface area contributed by atoms with E-state index in [9.17, 15) is 14.4 Å². The second-order valence-electron chi connectivity index (χ2n) is 6.81. The van der Waals surface area contributed by atoms with Crippen LogP contribution in [0.5, 0.6) is 0 Å². The highest BCUT2D eigenvalue weighted by molar-refractivity contribution is 7.99. The van der Waals surface area contributed by atoms with E-state index in [-0.39, 0.29) is 34.3 Å². The summed E-state index contributed by atoms with van der Waals surface area (Å²) in [6.07, 6.45) is 4.17. The number of aromatic amines is 1. The summed E-state index contributed by atoms with van der Waals surface area (Å²) in [6, 6.07) is 1.79. The van der Waals surface area contributed by atoms with Gasteiger partial charge < -0.3 is 14.6 Å². The first-order chi connectivity index (χ1) is 13.4. The zero-order valence-electron chi connectivity index (χ0n) is 16.3. The summed E-state index contributed by atoms with van der Waals surface area (Å²) in [5, 5.41) is 0.403. The van der Waals surface area contributed by atoms with E-state index >= 15 is 0 Å². The van der Waals surface area contributed by atoms with E-state index in [2.05, 4.69) is 21.9 Å². The smallest absolute Gasteiger partial charge is 0.338 e. The molecule has 2 aromatic heterocycles. The van der Waals surface area contributed by atoms with Crippen LogP contribution in [0.15, 0.2) is 16.0 Å². The predicted octanol–water partition coefficient (Wildman–Crippen LogP) is 2.30. The molecule has 2 aromatic rings. The van der Waals surface area contributed by atoms with Crippen LogP contribution >= 0.6 is 11.8 Å². The monoisotopic (exact) mass is 404 g/mol. The third-order valence-electron chi connectivity index (χ3n) is 4.94. The fourth-order valence-corrected chi connectivity index (χ4v) is 4.29. The van der Waals surface area contributed by atoms with Gasteiger partial charge in [0.15, 0.2) is 10.8 Å². The molecule has 0 aromatic carbocycles. The molecule has 28 heavy (non-hydrogen) atoms. The maximum atomic E-state index is 12.6. The Morgan fingerprint density at radius 3 is 2.86 bits per heavy atom. The number of pyridine rings is 1. The van der Waals surface area contributed by atoms with Crippen molar-refractivity contribution in [3.8, 4) is 0 Å². The second-order valence-corrected chi connectivity index (χ2v) is 7.77. The van der Waals surface area contributed by atoms with E-state index in [0.29, 0.717) is 10.9 Å². The summed E-state index contributed by atoms with van der Waals surface area (Å²) in [4.78, 5) is 50.4. The molecule has 1 fully saturated rings. The van der Waals surface area contributed by atoms with Crippen LogP contribution in [0, 0.1) is 6.92 Å². The number of methoxy groups -OCH3 is 1. The molecule has 0 radical (unpaired) electrons. The van der Waals surface area contributed by atoms with Gasteiger partial charge in [-0.05, 0) is 38.7 Å². The molecule has 3 rings (SSSR count). The Morgan fingerprint density at radius 1 is 1.36 bits per heavy atom.